The highest BCUT2D eigenvalue weighted by molar-refractivity contribution is 6.06. The molecule has 5 heteroatoms. The molecular weight excluding hydrogens is 390 g/mol. The molecule has 5 nitrogen and oxygen atoms in total. The van der Waals surface area contributed by atoms with Crippen LogP contribution in [-0.2, 0) is 4.79 Å². The van der Waals surface area contributed by atoms with Crippen molar-refractivity contribution in [3.8, 4) is 11.5 Å². The third-order valence-corrected chi connectivity index (χ3v) is 4.61. The maximum absolute atomic E-state index is 12.4. The Morgan fingerprint density at radius 1 is 0.903 bits per heavy atom. The molecule has 0 unspecified atom stereocenters. The van der Waals surface area contributed by atoms with Gasteiger partial charge in [0.1, 0.15) is 0 Å². The van der Waals surface area contributed by atoms with E-state index in [1.807, 2.05) is 56.3 Å². The zero-order valence-corrected chi connectivity index (χ0v) is 17.8. The maximum Gasteiger partial charge on any atom is 0.262 e. The molecule has 0 heterocycles. The second-order valence-electron chi connectivity index (χ2n) is 7.18. The van der Waals surface area contributed by atoms with Crippen molar-refractivity contribution in [3.05, 3.63) is 95.1 Å². The number of benzene rings is 3. The van der Waals surface area contributed by atoms with Crippen LogP contribution in [0.5, 0.6) is 11.5 Å². The quantitative estimate of drug-likeness (QED) is 0.404. The second kappa shape index (κ2) is 10.3. The number of ketones is 1. The Bertz CT molecular complexity index is 1100. The smallest absolute Gasteiger partial charge is 0.262 e. The minimum atomic E-state index is -0.265. The molecule has 3 aromatic rings. The Morgan fingerprint density at radius 2 is 1.68 bits per heavy atom. The van der Waals surface area contributed by atoms with E-state index in [0.29, 0.717) is 22.7 Å². The van der Waals surface area contributed by atoms with Gasteiger partial charge in [0.15, 0.2) is 23.9 Å². The summed E-state index contributed by atoms with van der Waals surface area (Å²) in [5.41, 5.74) is 4.30. The predicted octanol–water partition coefficient (Wildman–Crippen LogP) is 5.23. The number of nitrogens with one attached hydrogen (secondary N) is 1. The van der Waals surface area contributed by atoms with Crippen molar-refractivity contribution < 1.29 is 19.1 Å². The molecule has 0 spiro atoms. The van der Waals surface area contributed by atoms with Crippen molar-refractivity contribution >= 4 is 23.5 Å². The van der Waals surface area contributed by atoms with Crippen LogP contribution in [-0.4, -0.2) is 25.4 Å². The zero-order valence-electron chi connectivity index (χ0n) is 17.8. The van der Waals surface area contributed by atoms with Gasteiger partial charge in [-0.05, 0) is 55.8 Å². The lowest BCUT2D eigenvalue weighted by Crippen LogP contribution is -2.20. The van der Waals surface area contributed by atoms with Gasteiger partial charge in [-0.3, -0.25) is 9.59 Å². The van der Waals surface area contributed by atoms with Crippen molar-refractivity contribution in [2.24, 2.45) is 0 Å². The summed E-state index contributed by atoms with van der Waals surface area (Å²) in [5, 5.41) is 2.79. The molecule has 0 fully saturated rings. The van der Waals surface area contributed by atoms with Gasteiger partial charge in [-0.2, -0.15) is 0 Å². The maximum atomic E-state index is 12.4. The van der Waals surface area contributed by atoms with Crippen LogP contribution >= 0.6 is 0 Å². The number of anilines is 1. The van der Waals surface area contributed by atoms with Gasteiger partial charge >= 0.3 is 0 Å². The fraction of sp³-hybridized carbons (Fsp3) is 0.154. The number of hydrogen-bond donors (Lipinski definition) is 1. The van der Waals surface area contributed by atoms with Gasteiger partial charge in [-0.15, -0.1) is 0 Å². The largest absolute Gasteiger partial charge is 0.493 e. The molecule has 158 valence electrons. The number of hydrogen-bond acceptors (Lipinski definition) is 4. The zero-order chi connectivity index (χ0) is 22.2. The van der Waals surface area contributed by atoms with E-state index >= 15 is 0 Å². The number of carbonyl (C=O) groups is 2. The first-order chi connectivity index (χ1) is 14.9. The average Bonchev–Trinajstić information content (AvgIpc) is 2.77. The molecule has 0 aliphatic carbocycles. The van der Waals surface area contributed by atoms with Gasteiger partial charge in [-0.25, -0.2) is 0 Å². The van der Waals surface area contributed by atoms with Crippen molar-refractivity contribution in [1.29, 1.82) is 0 Å². The van der Waals surface area contributed by atoms with Crippen molar-refractivity contribution in [2.45, 2.75) is 13.8 Å². The van der Waals surface area contributed by atoms with Gasteiger partial charge in [-0.1, -0.05) is 53.6 Å². The third-order valence-electron chi connectivity index (χ3n) is 4.61. The molecule has 1 amide bonds. The summed E-state index contributed by atoms with van der Waals surface area (Å²) in [4.78, 5) is 24.5. The van der Waals surface area contributed by atoms with Crippen molar-refractivity contribution in [1.82, 2.24) is 0 Å². The highest BCUT2D eigenvalue weighted by atomic mass is 16.5. The van der Waals surface area contributed by atoms with Crippen molar-refractivity contribution in [3.63, 3.8) is 0 Å². The highest BCUT2D eigenvalue weighted by Crippen LogP contribution is 2.28. The van der Waals surface area contributed by atoms with Gasteiger partial charge in [0.25, 0.3) is 5.91 Å². The Balaban J connectivity index is 1.62. The molecule has 0 radical (unpaired) electrons. The van der Waals surface area contributed by atoms with Gasteiger partial charge in [0, 0.05) is 11.3 Å². The third kappa shape index (κ3) is 6.31. The van der Waals surface area contributed by atoms with Crippen molar-refractivity contribution in [2.75, 3.05) is 19.0 Å². The number of aryl methyl sites for hydroxylation is 2. The van der Waals surface area contributed by atoms with E-state index < -0.39 is 0 Å². The lowest BCUT2D eigenvalue weighted by atomic mass is 10.1. The van der Waals surface area contributed by atoms with Crippen LogP contribution in [0.15, 0.2) is 72.8 Å². The number of amides is 1. The first kappa shape index (κ1) is 21.8. The van der Waals surface area contributed by atoms with E-state index in [-0.39, 0.29) is 18.3 Å². The van der Waals surface area contributed by atoms with E-state index in [2.05, 4.69) is 5.32 Å². The normalized spacial score (nSPS) is 10.7. The standard InChI is InChI=1S/C26H25NO4/c1-18-7-11-22(12-8-18)27-26(29)17-31-24-14-10-20(16-25(24)30-3)9-13-23(28)21-6-4-5-19(2)15-21/h4-16H,17H2,1-3H3,(H,27,29)/b13-9+. The SMILES string of the molecule is COc1cc(/C=C/C(=O)c2cccc(C)c2)ccc1OCC(=O)Nc1ccc(C)cc1. The molecule has 31 heavy (non-hydrogen) atoms. The first-order valence-electron chi connectivity index (χ1n) is 9.91. The Morgan fingerprint density at radius 3 is 2.39 bits per heavy atom. The van der Waals surface area contributed by atoms with Crippen LogP contribution in [0, 0.1) is 13.8 Å². The van der Waals surface area contributed by atoms with Crippen LogP contribution in [0.3, 0.4) is 0 Å². The Kier molecular flexibility index (Phi) is 7.22. The molecule has 0 aromatic heterocycles. The molecule has 0 saturated carbocycles. The van der Waals surface area contributed by atoms with E-state index in [1.54, 1.807) is 30.3 Å². The predicted molar refractivity (Wildman–Crippen MR) is 123 cm³/mol. The summed E-state index contributed by atoms with van der Waals surface area (Å²) in [6, 6.07) is 20.3. The minimum absolute atomic E-state index is 0.0734. The Hall–Kier alpha value is -3.86. The number of ether oxygens (including phenoxy) is 2. The molecular formula is C26H25NO4. The topological polar surface area (TPSA) is 64.6 Å². The number of methoxy groups -OCH3 is 1. The monoisotopic (exact) mass is 415 g/mol. The van der Waals surface area contributed by atoms with Crippen LogP contribution < -0.4 is 14.8 Å². The van der Waals surface area contributed by atoms with Crippen LogP contribution in [0.4, 0.5) is 5.69 Å². The van der Waals surface area contributed by atoms with E-state index in [9.17, 15) is 9.59 Å². The van der Waals surface area contributed by atoms with Gasteiger partial charge in [0.2, 0.25) is 0 Å². The summed E-state index contributed by atoms with van der Waals surface area (Å²) in [6.45, 7) is 3.79. The fourth-order valence-electron chi connectivity index (χ4n) is 2.95. The fourth-order valence-corrected chi connectivity index (χ4v) is 2.95. The lowest BCUT2D eigenvalue weighted by molar-refractivity contribution is -0.118. The number of allylic oxidation sites excluding steroid dienone is 1. The molecule has 0 bridgehead atoms. The summed E-state index contributed by atoms with van der Waals surface area (Å²) in [7, 11) is 1.53. The molecule has 1 N–H and O–H groups in total. The summed E-state index contributed by atoms with van der Waals surface area (Å²) >= 11 is 0. The molecule has 3 rings (SSSR count). The summed E-state index contributed by atoms with van der Waals surface area (Å²) < 4.78 is 11.0. The minimum Gasteiger partial charge on any atom is -0.493 e. The molecule has 0 saturated heterocycles. The molecule has 0 aliphatic heterocycles. The van der Waals surface area contributed by atoms with Crippen LogP contribution in [0.1, 0.15) is 27.0 Å². The van der Waals surface area contributed by atoms with Crippen LogP contribution in [0.25, 0.3) is 6.08 Å². The van der Waals surface area contributed by atoms with E-state index in [4.69, 9.17) is 9.47 Å². The average molecular weight is 415 g/mol. The molecule has 0 atom stereocenters. The second-order valence-corrected chi connectivity index (χ2v) is 7.18. The van der Waals surface area contributed by atoms with Crippen LogP contribution in [0.2, 0.25) is 0 Å². The molecule has 3 aromatic carbocycles. The molecule has 0 aliphatic rings. The van der Waals surface area contributed by atoms with Gasteiger partial charge < -0.3 is 14.8 Å². The highest BCUT2D eigenvalue weighted by Gasteiger charge is 2.09. The lowest BCUT2D eigenvalue weighted by Gasteiger charge is -2.11. The van der Waals surface area contributed by atoms with Gasteiger partial charge in [0.05, 0.1) is 7.11 Å². The summed E-state index contributed by atoms with van der Waals surface area (Å²) in [5.74, 6) is 0.589. The number of rotatable bonds is 8. The van der Waals surface area contributed by atoms with E-state index in [1.165, 1.54) is 13.2 Å². The summed E-state index contributed by atoms with van der Waals surface area (Å²) in [6.07, 6.45) is 3.25. The first-order valence-corrected chi connectivity index (χ1v) is 9.91. The number of carbonyl (C=O) groups excluding carboxylic acids is 2. The van der Waals surface area contributed by atoms with E-state index in [0.717, 1.165) is 16.7 Å². The Labute approximate surface area is 182 Å².